The fourth-order valence-corrected chi connectivity index (χ4v) is 4.47. The first-order valence-electron chi connectivity index (χ1n) is 10.6. The average Bonchev–Trinajstić information content (AvgIpc) is 2.98. The fourth-order valence-electron chi connectivity index (χ4n) is 4.47. The van der Waals surface area contributed by atoms with Gasteiger partial charge in [0, 0.05) is 31.1 Å². The average molecular weight is 432 g/mol. The van der Waals surface area contributed by atoms with Crippen LogP contribution in [0.15, 0.2) is 48.4 Å². The maximum absolute atomic E-state index is 12.9. The Morgan fingerprint density at radius 3 is 2.35 bits per heavy atom. The van der Waals surface area contributed by atoms with Crippen molar-refractivity contribution in [3.63, 3.8) is 0 Å². The molecule has 0 N–H and O–H groups in total. The van der Waals surface area contributed by atoms with Crippen LogP contribution in [0.1, 0.15) is 50.7 Å². The van der Waals surface area contributed by atoms with Gasteiger partial charge in [-0.3, -0.25) is 0 Å². The lowest BCUT2D eigenvalue weighted by molar-refractivity contribution is -0.137. The minimum absolute atomic E-state index is 0.0277. The van der Waals surface area contributed by atoms with E-state index in [-0.39, 0.29) is 18.2 Å². The Morgan fingerprint density at radius 2 is 1.77 bits per heavy atom. The van der Waals surface area contributed by atoms with Gasteiger partial charge in [-0.1, -0.05) is 6.07 Å². The quantitative estimate of drug-likeness (QED) is 0.520. The molecule has 0 aliphatic carbocycles. The summed E-state index contributed by atoms with van der Waals surface area (Å²) in [7, 11) is 0. The molecule has 0 saturated carbocycles. The van der Waals surface area contributed by atoms with E-state index in [9.17, 15) is 13.2 Å². The lowest BCUT2D eigenvalue weighted by Crippen LogP contribution is -2.46. The van der Waals surface area contributed by atoms with Gasteiger partial charge in [-0.25, -0.2) is 4.98 Å². The summed E-state index contributed by atoms with van der Waals surface area (Å²) in [5, 5.41) is 0. The lowest BCUT2D eigenvalue weighted by Gasteiger charge is -2.39. The third-order valence-corrected chi connectivity index (χ3v) is 5.84. The Balaban J connectivity index is 1.47. The molecular formula is C24H27F3N2O2. The first kappa shape index (κ1) is 21.5. The molecule has 1 aromatic heterocycles. The van der Waals surface area contributed by atoms with Gasteiger partial charge in [-0.2, -0.15) is 13.2 Å². The molecule has 4 rings (SSSR count). The van der Waals surface area contributed by atoms with E-state index in [0.29, 0.717) is 17.3 Å². The summed E-state index contributed by atoms with van der Waals surface area (Å²) in [6.45, 7) is 5.95. The highest BCUT2D eigenvalue weighted by Gasteiger charge is 2.42. The second-order valence-corrected chi connectivity index (χ2v) is 8.67. The summed E-state index contributed by atoms with van der Waals surface area (Å²) < 4.78 is 50.7. The van der Waals surface area contributed by atoms with Crippen LogP contribution in [0.3, 0.4) is 0 Å². The monoisotopic (exact) mass is 432 g/mol. The molecule has 0 spiro atoms. The van der Waals surface area contributed by atoms with Crippen LogP contribution >= 0.6 is 0 Å². The topological polar surface area (TPSA) is 34.6 Å². The van der Waals surface area contributed by atoms with Crippen molar-refractivity contribution in [3.05, 3.63) is 59.5 Å². The Morgan fingerprint density at radius 1 is 1.06 bits per heavy atom. The third kappa shape index (κ3) is 4.81. The number of benzene rings is 1. The molecule has 2 bridgehead atoms. The van der Waals surface area contributed by atoms with E-state index in [1.807, 2.05) is 39.0 Å². The second-order valence-electron chi connectivity index (χ2n) is 8.67. The Hall–Kier alpha value is -2.70. The maximum atomic E-state index is 12.9. The zero-order valence-electron chi connectivity index (χ0n) is 17.9. The summed E-state index contributed by atoms with van der Waals surface area (Å²) in [4.78, 5) is 6.30. The standard InChI is InChI=1S/C24H27F3N2O2/c1-15(2)14-30-22-10-16(3)4-8-21(22)31-20-11-18-6-7-19(12-20)29(18)23-9-5-17(13-28-23)24(25,26)27/h4-5,8-10,13-14,18-20H,6-7,11-12H2,1-3H3/t18-,19+,20+. The molecule has 31 heavy (non-hydrogen) atoms. The molecule has 0 radical (unpaired) electrons. The highest BCUT2D eigenvalue weighted by Crippen LogP contribution is 2.41. The van der Waals surface area contributed by atoms with Gasteiger partial charge in [0.05, 0.1) is 11.8 Å². The number of aromatic nitrogens is 1. The van der Waals surface area contributed by atoms with E-state index < -0.39 is 11.7 Å². The predicted molar refractivity (Wildman–Crippen MR) is 113 cm³/mol. The Bertz CT molecular complexity index is 938. The largest absolute Gasteiger partial charge is 0.486 e. The molecule has 0 unspecified atom stereocenters. The van der Waals surface area contributed by atoms with Crippen molar-refractivity contribution in [1.82, 2.24) is 4.98 Å². The molecule has 3 heterocycles. The van der Waals surface area contributed by atoms with Crippen LogP contribution in [0, 0.1) is 6.92 Å². The van der Waals surface area contributed by atoms with Crippen molar-refractivity contribution in [2.24, 2.45) is 0 Å². The van der Waals surface area contributed by atoms with Crippen molar-refractivity contribution in [2.45, 2.75) is 70.8 Å². The number of rotatable bonds is 5. The summed E-state index contributed by atoms with van der Waals surface area (Å²) in [6, 6.07) is 8.92. The van der Waals surface area contributed by atoms with Crippen LogP contribution in [-0.2, 0) is 6.18 Å². The first-order chi connectivity index (χ1) is 14.7. The van der Waals surface area contributed by atoms with Crippen molar-refractivity contribution in [1.29, 1.82) is 0 Å². The normalized spacial score (nSPS) is 22.9. The number of hydrogen-bond donors (Lipinski definition) is 0. The highest BCUT2D eigenvalue weighted by molar-refractivity contribution is 5.46. The summed E-state index contributed by atoms with van der Waals surface area (Å²) in [5.41, 5.74) is 1.43. The van der Waals surface area contributed by atoms with Gasteiger partial charge >= 0.3 is 6.18 Å². The molecule has 3 atom stereocenters. The number of allylic oxidation sites excluding steroid dienone is 1. The predicted octanol–water partition coefficient (Wildman–Crippen LogP) is 6.29. The number of pyridine rings is 1. The van der Waals surface area contributed by atoms with Crippen LogP contribution in [0.4, 0.5) is 19.0 Å². The van der Waals surface area contributed by atoms with Gasteiger partial charge in [0.25, 0.3) is 0 Å². The summed E-state index contributed by atoms with van der Waals surface area (Å²) in [6.07, 6.45) is 1.88. The van der Waals surface area contributed by atoms with Gasteiger partial charge in [-0.15, -0.1) is 0 Å². The molecular weight excluding hydrogens is 405 g/mol. The van der Waals surface area contributed by atoms with E-state index >= 15 is 0 Å². The zero-order valence-corrected chi connectivity index (χ0v) is 17.9. The minimum atomic E-state index is -4.37. The van der Waals surface area contributed by atoms with E-state index in [4.69, 9.17) is 9.47 Å². The number of alkyl halides is 3. The molecule has 1 aromatic carbocycles. The van der Waals surface area contributed by atoms with Crippen molar-refractivity contribution >= 4 is 5.82 Å². The van der Waals surface area contributed by atoms with Crippen molar-refractivity contribution in [3.8, 4) is 11.5 Å². The first-order valence-corrected chi connectivity index (χ1v) is 10.6. The molecule has 2 aliphatic heterocycles. The highest BCUT2D eigenvalue weighted by atomic mass is 19.4. The molecule has 4 nitrogen and oxygen atoms in total. The van der Waals surface area contributed by atoms with E-state index in [0.717, 1.165) is 49.1 Å². The van der Waals surface area contributed by atoms with Gasteiger partial charge in [0.2, 0.25) is 0 Å². The van der Waals surface area contributed by atoms with Crippen LogP contribution in [0.25, 0.3) is 0 Å². The SMILES string of the molecule is CC(C)=COc1cc(C)ccc1O[C@H]1C[C@H]2CC[C@@H](C1)N2c1ccc(C(F)(F)F)cn1. The Labute approximate surface area is 180 Å². The van der Waals surface area contributed by atoms with Crippen molar-refractivity contribution in [2.75, 3.05) is 4.90 Å². The smallest absolute Gasteiger partial charge is 0.417 e. The fraction of sp³-hybridized carbons (Fsp3) is 0.458. The number of piperidine rings is 1. The maximum Gasteiger partial charge on any atom is 0.417 e. The molecule has 2 aliphatic rings. The van der Waals surface area contributed by atoms with Crippen LogP contribution in [0.5, 0.6) is 11.5 Å². The number of fused-ring (bicyclic) bond motifs is 2. The van der Waals surface area contributed by atoms with E-state index in [2.05, 4.69) is 9.88 Å². The van der Waals surface area contributed by atoms with Crippen LogP contribution < -0.4 is 14.4 Å². The Kier molecular flexibility index (Phi) is 5.86. The molecule has 2 saturated heterocycles. The number of hydrogen-bond acceptors (Lipinski definition) is 4. The van der Waals surface area contributed by atoms with Gasteiger partial charge in [-0.05, 0) is 69.0 Å². The number of aryl methyl sites for hydroxylation is 1. The molecule has 2 fully saturated rings. The lowest BCUT2D eigenvalue weighted by atomic mass is 9.99. The number of ether oxygens (including phenoxy) is 2. The summed E-state index contributed by atoms with van der Waals surface area (Å²) >= 11 is 0. The van der Waals surface area contributed by atoms with Crippen LogP contribution in [0.2, 0.25) is 0 Å². The molecule has 2 aromatic rings. The van der Waals surface area contributed by atoms with E-state index in [1.165, 1.54) is 6.07 Å². The summed E-state index contributed by atoms with van der Waals surface area (Å²) in [5.74, 6) is 2.02. The van der Waals surface area contributed by atoms with Gasteiger partial charge in [0.1, 0.15) is 11.9 Å². The minimum Gasteiger partial charge on any atom is -0.486 e. The zero-order chi connectivity index (χ0) is 22.2. The van der Waals surface area contributed by atoms with Crippen LogP contribution in [-0.4, -0.2) is 23.2 Å². The second kappa shape index (κ2) is 8.44. The number of nitrogens with zero attached hydrogens (tertiary/aromatic N) is 2. The van der Waals surface area contributed by atoms with Gasteiger partial charge in [0.15, 0.2) is 11.5 Å². The third-order valence-electron chi connectivity index (χ3n) is 5.84. The molecule has 0 amide bonds. The molecule has 166 valence electrons. The van der Waals surface area contributed by atoms with Gasteiger partial charge < -0.3 is 14.4 Å². The van der Waals surface area contributed by atoms with Crippen molar-refractivity contribution < 1.29 is 22.6 Å². The number of anilines is 1. The van der Waals surface area contributed by atoms with E-state index in [1.54, 1.807) is 6.26 Å². The number of halogens is 3. The molecule has 7 heteroatoms.